The average molecular weight is 263 g/mol. The molecule has 5 heteroatoms. The maximum Gasteiger partial charge on any atom is 0.248 e. The Morgan fingerprint density at radius 3 is 2.44 bits per heavy atom. The molecule has 0 aliphatic heterocycles. The summed E-state index contributed by atoms with van der Waals surface area (Å²) in [7, 11) is 0. The molecule has 2 fully saturated rings. The second-order valence-electron chi connectivity index (χ2n) is 6.04. The lowest BCUT2D eigenvalue weighted by Crippen LogP contribution is -2.45. The molecule has 106 valence electrons. The van der Waals surface area contributed by atoms with Crippen LogP contribution in [0.5, 0.6) is 0 Å². The van der Waals surface area contributed by atoms with Crippen LogP contribution in [-0.4, -0.2) is 34.4 Å². The zero-order valence-electron chi connectivity index (χ0n) is 10.6. The fourth-order valence-corrected chi connectivity index (χ4v) is 2.97. The normalized spacial score (nSPS) is 32.8. The van der Waals surface area contributed by atoms with Gasteiger partial charge in [0.05, 0.1) is 12.2 Å². The maximum atomic E-state index is 13.3. The van der Waals surface area contributed by atoms with Crippen LogP contribution in [0, 0.1) is 11.8 Å². The van der Waals surface area contributed by atoms with E-state index in [4.69, 9.17) is 5.73 Å². The summed E-state index contributed by atoms with van der Waals surface area (Å²) in [5, 5.41) is 19.7. The van der Waals surface area contributed by atoms with Gasteiger partial charge < -0.3 is 15.9 Å². The van der Waals surface area contributed by atoms with Gasteiger partial charge in [-0.1, -0.05) is 0 Å². The van der Waals surface area contributed by atoms with Gasteiger partial charge >= 0.3 is 0 Å². The molecule has 0 bridgehead atoms. The van der Waals surface area contributed by atoms with E-state index in [0.717, 1.165) is 19.3 Å². The average Bonchev–Trinajstić information content (AvgIpc) is 3.09. The van der Waals surface area contributed by atoms with Crippen molar-refractivity contribution >= 4 is 0 Å². The smallest absolute Gasteiger partial charge is 0.248 e. The van der Waals surface area contributed by atoms with Crippen molar-refractivity contribution in [1.29, 1.82) is 0 Å². The van der Waals surface area contributed by atoms with E-state index in [0.29, 0.717) is 12.8 Å². The van der Waals surface area contributed by atoms with Crippen molar-refractivity contribution in [3.05, 3.63) is 0 Å². The van der Waals surface area contributed by atoms with Gasteiger partial charge in [0.25, 0.3) is 0 Å². The number of aliphatic hydroxyl groups is 2. The first-order valence-electron chi connectivity index (χ1n) is 6.88. The third-order valence-electron chi connectivity index (χ3n) is 4.24. The Hall–Kier alpha value is -0.260. The standard InChI is InChI=1S/C13H23F2NO2/c14-13(15)5-1-2-8(7-13)6-10(16)12(18)11(17)9-3-4-9/h8-12,17-18H,1-7,16H2/t8?,10-,11-,12+/m0/s1. The lowest BCUT2D eigenvalue weighted by Gasteiger charge is -2.32. The summed E-state index contributed by atoms with van der Waals surface area (Å²) >= 11 is 0. The molecule has 4 atom stereocenters. The molecule has 2 aliphatic rings. The van der Waals surface area contributed by atoms with E-state index in [2.05, 4.69) is 0 Å². The number of hydrogen-bond donors (Lipinski definition) is 3. The molecule has 3 nitrogen and oxygen atoms in total. The number of rotatable bonds is 5. The summed E-state index contributed by atoms with van der Waals surface area (Å²) in [6.45, 7) is 0. The molecule has 1 unspecified atom stereocenters. The van der Waals surface area contributed by atoms with Gasteiger partial charge in [-0.3, -0.25) is 0 Å². The molecular formula is C13H23F2NO2. The summed E-state index contributed by atoms with van der Waals surface area (Å²) in [5.41, 5.74) is 5.85. The van der Waals surface area contributed by atoms with Gasteiger partial charge in [-0.05, 0) is 43.9 Å². The predicted molar refractivity (Wildman–Crippen MR) is 64.2 cm³/mol. The second-order valence-corrected chi connectivity index (χ2v) is 6.04. The summed E-state index contributed by atoms with van der Waals surface area (Å²) in [5.74, 6) is -2.56. The minimum atomic E-state index is -2.58. The quantitative estimate of drug-likeness (QED) is 0.706. The fourth-order valence-electron chi connectivity index (χ4n) is 2.97. The molecule has 0 saturated heterocycles. The molecule has 0 aromatic rings. The van der Waals surface area contributed by atoms with Crippen molar-refractivity contribution in [2.45, 2.75) is 69.1 Å². The first kappa shape index (κ1) is 14.2. The summed E-state index contributed by atoms with van der Waals surface area (Å²) in [4.78, 5) is 0. The van der Waals surface area contributed by atoms with Crippen molar-refractivity contribution in [2.75, 3.05) is 0 Å². The SMILES string of the molecule is N[C@@H](CC1CCCC(F)(F)C1)[C@@H](O)[C@@H](O)C1CC1. The monoisotopic (exact) mass is 263 g/mol. The number of alkyl halides is 2. The Kier molecular flexibility index (Phi) is 4.24. The van der Waals surface area contributed by atoms with Crippen LogP contribution in [0.4, 0.5) is 8.78 Å². The van der Waals surface area contributed by atoms with Crippen LogP contribution in [0.2, 0.25) is 0 Å². The first-order valence-corrected chi connectivity index (χ1v) is 6.88. The van der Waals surface area contributed by atoms with E-state index >= 15 is 0 Å². The Morgan fingerprint density at radius 1 is 1.22 bits per heavy atom. The van der Waals surface area contributed by atoms with Crippen molar-refractivity contribution in [3.8, 4) is 0 Å². The molecule has 0 aromatic heterocycles. The first-order chi connectivity index (χ1) is 8.39. The predicted octanol–water partition coefficient (Wildman–Crippen LogP) is 1.66. The number of halogens is 2. The van der Waals surface area contributed by atoms with Gasteiger partial charge in [0.1, 0.15) is 0 Å². The topological polar surface area (TPSA) is 66.5 Å². The molecule has 4 N–H and O–H groups in total. The second kappa shape index (κ2) is 5.39. The Bertz CT molecular complexity index is 284. The zero-order valence-corrected chi connectivity index (χ0v) is 10.6. The van der Waals surface area contributed by atoms with Gasteiger partial charge in [0.15, 0.2) is 0 Å². The molecular weight excluding hydrogens is 240 g/mol. The molecule has 0 radical (unpaired) electrons. The van der Waals surface area contributed by atoms with Crippen LogP contribution in [0.15, 0.2) is 0 Å². The van der Waals surface area contributed by atoms with Gasteiger partial charge in [0, 0.05) is 18.9 Å². The number of hydrogen-bond acceptors (Lipinski definition) is 3. The highest BCUT2D eigenvalue weighted by Gasteiger charge is 2.40. The Morgan fingerprint density at radius 2 is 1.89 bits per heavy atom. The third kappa shape index (κ3) is 3.62. The van der Waals surface area contributed by atoms with Crippen LogP contribution in [0.25, 0.3) is 0 Å². The lowest BCUT2D eigenvalue weighted by molar-refractivity contribution is -0.0607. The highest BCUT2D eigenvalue weighted by atomic mass is 19.3. The van der Waals surface area contributed by atoms with Crippen molar-refractivity contribution in [3.63, 3.8) is 0 Å². The Labute approximate surface area is 106 Å². The molecule has 18 heavy (non-hydrogen) atoms. The van der Waals surface area contributed by atoms with Gasteiger partial charge in [-0.15, -0.1) is 0 Å². The van der Waals surface area contributed by atoms with Crippen LogP contribution < -0.4 is 5.73 Å². The van der Waals surface area contributed by atoms with E-state index in [1.165, 1.54) is 0 Å². The molecule has 0 amide bonds. The lowest BCUT2D eigenvalue weighted by atomic mass is 9.81. The summed E-state index contributed by atoms with van der Waals surface area (Å²) in [6.07, 6.45) is 1.55. The van der Waals surface area contributed by atoms with Crippen LogP contribution in [0.3, 0.4) is 0 Å². The molecule has 0 spiro atoms. The molecule has 2 rings (SSSR count). The van der Waals surface area contributed by atoms with E-state index < -0.39 is 24.2 Å². The maximum absolute atomic E-state index is 13.3. The minimum absolute atomic E-state index is 0.0357. The molecule has 2 aliphatic carbocycles. The highest BCUT2D eigenvalue weighted by Crippen LogP contribution is 2.39. The summed E-state index contributed by atoms with van der Waals surface area (Å²) in [6, 6.07) is -0.598. The van der Waals surface area contributed by atoms with Crippen molar-refractivity contribution in [1.82, 2.24) is 0 Å². The van der Waals surface area contributed by atoms with Gasteiger partial charge in [-0.2, -0.15) is 0 Å². The number of nitrogens with two attached hydrogens (primary N) is 1. The summed E-state index contributed by atoms with van der Waals surface area (Å²) < 4.78 is 26.5. The fraction of sp³-hybridized carbons (Fsp3) is 1.00. The van der Waals surface area contributed by atoms with Crippen LogP contribution >= 0.6 is 0 Å². The zero-order chi connectivity index (χ0) is 13.3. The van der Waals surface area contributed by atoms with E-state index in [1.54, 1.807) is 0 Å². The van der Waals surface area contributed by atoms with Gasteiger partial charge in [-0.25, -0.2) is 8.78 Å². The van der Waals surface area contributed by atoms with Crippen LogP contribution in [0.1, 0.15) is 44.9 Å². The van der Waals surface area contributed by atoms with Crippen molar-refractivity contribution in [2.24, 2.45) is 17.6 Å². The van der Waals surface area contributed by atoms with Gasteiger partial charge in [0.2, 0.25) is 5.92 Å². The van der Waals surface area contributed by atoms with Crippen molar-refractivity contribution < 1.29 is 19.0 Å². The van der Waals surface area contributed by atoms with E-state index in [-0.39, 0.29) is 24.7 Å². The van der Waals surface area contributed by atoms with E-state index in [9.17, 15) is 19.0 Å². The molecule has 0 aromatic carbocycles. The largest absolute Gasteiger partial charge is 0.390 e. The molecule has 2 saturated carbocycles. The van der Waals surface area contributed by atoms with Crippen LogP contribution in [-0.2, 0) is 0 Å². The number of aliphatic hydroxyl groups excluding tert-OH is 2. The molecule has 0 heterocycles. The highest BCUT2D eigenvalue weighted by molar-refractivity contribution is 4.91. The van der Waals surface area contributed by atoms with E-state index in [1.807, 2.05) is 0 Å². The Balaban J connectivity index is 1.80. The minimum Gasteiger partial charge on any atom is -0.390 e. The third-order valence-corrected chi connectivity index (χ3v) is 4.24.